The zero-order chi connectivity index (χ0) is 12.5. The molecule has 0 aromatic carbocycles. The molecule has 0 bridgehead atoms. The molecule has 16 heavy (non-hydrogen) atoms. The van der Waals surface area contributed by atoms with E-state index < -0.39 is 0 Å². The smallest absolute Gasteiger partial charge is 0.270 e. The number of rotatable bonds is 3. The van der Waals surface area contributed by atoms with Gasteiger partial charge in [0.2, 0.25) is 0 Å². The first-order valence-corrected chi connectivity index (χ1v) is 6.12. The Morgan fingerprint density at radius 2 is 1.88 bits per heavy atom. The molecular weight excluding hydrogens is 200 g/mol. The van der Waals surface area contributed by atoms with Gasteiger partial charge >= 0.3 is 0 Å². The molecule has 3 heteroatoms. The third kappa shape index (κ3) is 2.39. The molecule has 0 aliphatic heterocycles. The summed E-state index contributed by atoms with van der Waals surface area (Å²) in [7, 11) is 0. The lowest BCUT2D eigenvalue weighted by atomic mass is 9.88. The van der Waals surface area contributed by atoms with Crippen LogP contribution in [0, 0.1) is 0 Å². The highest BCUT2D eigenvalue weighted by molar-refractivity contribution is 5.24. The lowest BCUT2D eigenvalue weighted by Crippen LogP contribution is -2.20. The van der Waals surface area contributed by atoms with Crippen LogP contribution in [0.1, 0.15) is 65.3 Å². The summed E-state index contributed by atoms with van der Waals surface area (Å²) in [4.78, 5) is 12.2. The molecule has 1 aromatic rings. The standard InChI is InChI=1S/C13H24N2O/c1-7-8-10-11(13(4,5)6)14-15(9(2)3)12(10)16/h9,14H,7-8H2,1-6H3. The van der Waals surface area contributed by atoms with E-state index in [0.29, 0.717) is 0 Å². The molecule has 92 valence electrons. The predicted octanol–water partition coefficient (Wildman–Crippen LogP) is 3.01. The Hall–Kier alpha value is -0.990. The number of aromatic amines is 1. The number of aromatic nitrogens is 2. The highest BCUT2D eigenvalue weighted by Crippen LogP contribution is 2.23. The van der Waals surface area contributed by atoms with Gasteiger partial charge in [-0.2, -0.15) is 0 Å². The largest absolute Gasteiger partial charge is 0.299 e. The number of nitrogens with zero attached hydrogens (tertiary/aromatic N) is 1. The first-order chi connectivity index (χ1) is 7.29. The minimum absolute atomic E-state index is 0.00377. The number of nitrogens with one attached hydrogen (secondary N) is 1. The van der Waals surface area contributed by atoms with E-state index in [-0.39, 0.29) is 17.0 Å². The molecule has 0 radical (unpaired) electrons. The third-order valence-corrected chi connectivity index (χ3v) is 2.78. The minimum Gasteiger partial charge on any atom is -0.299 e. The van der Waals surface area contributed by atoms with Crippen LogP contribution >= 0.6 is 0 Å². The van der Waals surface area contributed by atoms with E-state index in [4.69, 9.17) is 0 Å². The number of hydrogen-bond acceptors (Lipinski definition) is 1. The van der Waals surface area contributed by atoms with Crippen molar-refractivity contribution in [3.63, 3.8) is 0 Å². The molecule has 0 fully saturated rings. The minimum atomic E-state index is 0.00377. The van der Waals surface area contributed by atoms with Gasteiger partial charge in [-0.3, -0.25) is 14.6 Å². The van der Waals surface area contributed by atoms with E-state index >= 15 is 0 Å². The van der Waals surface area contributed by atoms with E-state index in [2.05, 4.69) is 32.8 Å². The fourth-order valence-electron chi connectivity index (χ4n) is 1.96. The molecule has 0 amide bonds. The maximum atomic E-state index is 12.2. The monoisotopic (exact) mass is 224 g/mol. The fourth-order valence-corrected chi connectivity index (χ4v) is 1.96. The molecular formula is C13H24N2O. The molecule has 1 N–H and O–H groups in total. The average Bonchev–Trinajstić information content (AvgIpc) is 2.44. The highest BCUT2D eigenvalue weighted by Gasteiger charge is 2.24. The number of hydrogen-bond donors (Lipinski definition) is 1. The summed E-state index contributed by atoms with van der Waals surface area (Å²) in [5.41, 5.74) is 2.21. The average molecular weight is 224 g/mol. The van der Waals surface area contributed by atoms with E-state index in [1.54, 1.807) is 4.68 Å². The highest BCUT2D eigenvalue weighted by atomic mass is 16.1. The van der Waals surface area contributed by atoms with E-state index in [1.165, 1.54) is 0 Å². The molecule has 0 saturated heterocycles. The van der Waals surface area contributed by atoms with Gasteiger partial charge in [0, 0.05) is 22.7 Å². The summed E-state index contributed by atoms with van der Waals surface area (Å²) >= 11 is 0. The molecule has 1 aromatic heterocycles. The Morgan fingerprint density at radius 3 is 2.25 bits per heavy atom. The van der Waals surface area contributed by atoms with Gasteiger partial charge in [0.15, 0.2) is 0 Å². The summed E-state index contributed by atoms with van der Waals surface area (Å²) in [5.74, 6) is 0. The summed E-state index contributed by atoms with van der Waals surface area (Å²) in [6.45, 7) is 12.6. The van der Waals surface area contributed by atoms with Crippen molar-refractivity contribution in [2.24, 2.45) is 0 Å². The predicted molar refractivity (Wildman–Crippen MR) is 68.1 cm³/mol. The van der Waals surface area contributed by atoms with Crippen molar-refractivity contribution in [1.82, 2.24) is 9.78 Å². The lowest BCUT2D eigenvalue weighted by molar-refractivity contribution is 0.486. The van der Waals surface area contributed by atoms with Crippen LogP contribution in [-0.4, -0.2) is 9.78 Å². The second-order valence-corrected chi connectivity index (χ2v) is 5.73. The molecule has 0 spiro atoms. The molecule has 1 heterocycles. The maximum absolute atomic E-state index is 12.2. The van der Waals surface area contributed by atoms with E-state index in [1.807, 2.05) is 13.8 Å². The Bertz CT molecular complexity index is 405. The van der Waals surface area contributed by atoms with Gasteiger partial charge in [0.25, 0.3) is 5.56 Å². The molecule has 0 atom stereocenters. The third-order valence-electron chi connectivity index (χ3n) is 2.78. The maximum Gasteiger partial charge on any atom is 0.270 e. The Kier molecular flexibility index (Phi) is 3.66. The zero-order valence-electron chi connectivity index (χ0n) is 11.3. The van der Waals surface area contributed by atoms with Crippen molar-refractivity contribution >= 4 is 0 Å². The van der Waals surface area contributed by atoms with Crippen molar-refractivity contribution in [3.05, 3.63) is 21.6 Å². The fraction of sp³-hybridized carbons (Fsp3) is 0.769. The number of H-pyrrole nitrogens is 1. The first kappa shape index (κ1) is 13.1. The van der Waals surface area contributed by atoms with Crippen LogP contribution < -0.4 is 5.56 Å². The van der Waals surface area contributed by atoms with Gasteiger partial charge < -0.3 is 0 Å². The summed E-state index contributed by atoms with van der Waals surface area (Å²) in [6.07, 6.45) is 1.87. The molecule has 0 aliphatic rings. The molecule has 3 nitrogen and oxygen atoms in total. The topological polar surface area (TPSA) is 37.8 Å². The summed E-state index contributed by atoms with van der Waals surface area (Å²) in [6, 6.07) is 0.194. The van der Waals surface area contributed by atoms with Crippen molar-refractivity contribution in [3.8, 4) is 0 Å². The van der Waals surface area contributed by atoms with Gasteiger partial charge in [0.1, 0.15) is 0 Å². The van der Waals surface area contributed by atoms with Crippen LogP contribution in [0.5, 0.6) is 0 Å². The van der Waals surface area contributed by atoms with Crippen LogP contribution in [0.25, 0.3) is 0 Å². The summed E-state index contributed by atoms with van der Waals surface area (Å²) < 4.78 is 1.74. The quantitative estimate of drug-likeness (QED) is 0.842. The molecule has 0 aliphatic carbocycles. The van der Waals surface area contributed by atoms with Crippen LogP contribution in [0.4, 0.5) is 0 Å². The zero-order valence-corrected chi connectivity index (χ0v) is 11.3. The molecule has 0 unspecified atom stereocenters. The van der Waals surface area contributed by atoms with Gasteiger partial charge in [-0.1, -0.05) is 34.1 Å². The van der Waals surface area contributed by atoms with Crippen molar-refractivity contribution < 1.29 is 0 Å². The van der Waals surface area contributed by atoms with Crippen molar-refractivity contribution in [2.75, 3.05) is 0 Å². The second kappa shape index (κ2) is 4.48. The van der Waals surface area contributed by atoms with Crippen molar-refractivity contribution in [1.29, 1.82) is 0 Å². The Labute approximate surface area is 97.8 Å². The van der Waals surface area contributed by atoms with Gasteiger partial charge in [0.05, 0.1) is 0 Å². The SMILES string of the molecule is CCCc1c(C(C)(C)C)[nH]n(C(C)C)c1=O. The first-order valence-electron chi connectivity index (χ1n) is 6.12. The van der Waals surface area contributed by atoms with Crippen LogP contribution in [-0.2, 0) is 11.8 Å². The van der Waals surface area contributed by atoms with Gasteiger partial charge in [-0.15, -0.1) is 0 Å². The lowest BCUT2D eigenvalue weighted by Gasteiger charge is -2.18. The van der Waals surface area contributed by atoms with Gasteiger partial charge in [-0.05, 0) is 20.3 Å². The Balaban J connectivity index is 3.37. The van der Waals surface area contributed by atoms with Gasteiger partial charge in [-0.25, -0.2) is 0 Å². The van der Waals surface area contributed by atoms with E-state index in [0.717, 1.165) is 24.1 Å². The van der Waals surface area contributed by atoms with E-state index in [9.17, 15) is 4.79 Å². The van der Waals surface area contributed by atoms with Crippen molar-refractivity contribution in [2.45, 2.75) is 65.8 Å². The van der Waals surface area contributed by atoms with Crippen LogP contribution in [0.3, 0.4) is 0 Å². The summed E-state index contributed by atoms with van der Waals surface area (Å²) in [5, 5.41) is 3.28. The molecule has 0 saturated carbocycles. The Morgan fingerprint density at radius 1 is 1.31 bits per heavy atom. The second-order valence-electron chi connectivity index (χ2n) is 5.73. The normalized spacial score (nSPS) is 12.4. The molecule has 1 rings (SSSR count). The van der Waals surface area contributed by atoms with Crippen LogP contribution in [0.2, 0.25) is 0 Å². The van der Waals surface area contributed by atoms with Crippen LogP contribution in [0.15, 0.2) is 4.79 Å².